The second-order valence-electron chi connectivity index (χ2n) is 4.48. The molecule has 0 aromatic heterocycles. The van der Waals surface area contributed by atoms with Crippen LogP contribution >= 0.6 is 0 Å². The summed E-state index contributed by atoms with van der Waals surface area (Å²) in [5, 5.41) is 3.50. The Kier molecular flexibility index (Phi) is 5.23. The van der Waals surface area contributed by atoms with E-state index < -0.39 is 0 Å². The molecule has 0 aliphatic heterocycles. The van der Waals surface area contributed by atoms with Crippen molar-refractivity contribution in [1.82, 2.24) is 5.32 Å². The van der Waals surface area contributed by atoms with E-state index in [1.54, 1.807) is 7.11 Å². The first-order valence-electron chi connectivity index (χ1n) is 6.13. The molecule has 1 N–H and O–H groups in total. The van der Waals surface area contributed by atoms with Crippen LogP contribution in [0.5, 0.6) is 5.75 Å². The van der Waals surface area contributed by atoms with Crippen LogP contribution < -0.4 is 10.1 Å². The molecule has 1 rings (SSSR count). The lowest BCUT2D eigenvalue weighted by atomic mass is 9.98. The zero-order valence-corrected chi connectivity index (χ0v) is 11.3. The normalized spacial score (nSPS) is 12.2. The molecule has 0 aliphatic carbocycles. The molecular formula is C15H23NO. The third kappa shape index (κ3) is 3.60. The van der Waals surface area contributed by atoms with Gasteiger partial charge in [-0.15, -0.1) is 0 Å². The average Bonchev–Trinajstić information content (AvgIpc) is 2.30. The zero-order chi connectivity index (χ0) is 12.8. The molecule has 0 saturated heterocycles. The zero-order valence-electron chi connectivity index (χ0n) is 11.3. The van der Waals surface area contributed by atoms with Gasteiger partial charge in [0, 0.05) is 5.56 Å². The van der Waals surface area contributed by atoms with Crippen molar-refractivity contribution in [3.8, 4) is 5.75 Å². The Balaban J connectivity index is 3.04. The van der Waals surface area contributed by atoms with Crippen molar-refractivity contribution in [3.63, 3.8) is 0 Å². The fourth-order valence-electron chi connectivity index (χ4n) is 1.90. The van der Waals surface area contributed by atoms with Gasteiger partial charge in [0.25, 0.3) is 0 Å². The molecule has 94 valence electrons. The molecule has 0 saturated carbocycles. The van der Waals surface area contributed by atoms with E-state index in [0.29, 0.717) is 0 Å². The number of hydrogen-bond acceptors (Lipinski definition) is 2. The predicted molar refractivity (Wildman–Crippen MR) is 73.6 cm³/mol. The fourth-order valence-corrected chi connectivity index (χ4v) is 1.90. The van der Waals surface area contributed by atoms with Gasteiger partial charge in [0.2, 0.25) is 0 Å². The van der Waals surface area contributed by atoms with Crippen LogP contribution in [0.15, 0.2) is 30.4 Å². The molecule has 2 nitrogen and oxygen atoms in total. The maximum atomic E-state index is 5.46. The topological polar surface area (TPSA) is 21.3 Å². The molecule has 0 bridgehead atoms. The average molecular weight is 233 g/mol. The number of rotatable bonds is 6. The number of hydrogen-bond donors (Lipinski definition) is 1. The Morgan fingerprint density at radius 3 is 2.71 bits per heavy atom. The van der Waals surface area contributed by atoms with E-state index in [9.17, 15) is 0 Å². The van der Waals surface area contributed by atoms with Crippen molar-refractivity contribution in [1.29, 1.82) is 0 Å². The minimum atomic E-state index is 0.172. The molecule has 1 aromatic carbocycles. The molecule has 1 unspecified atom stereocenters. The SMILES string of the molecule is C=C(C)C(NCCC)c1ccc(C)cc1OC. The highest BCUT2D eigenvalue weighted by molar-refractivity contribution is 5.42. The van der Waals surface area contributed by atoms with Crippen LogP contribution in [0.1, 0.15) is 37.4 Å². The summed E-state index contributed by atoms with van der Waals surface area (Å²) in [5.74, 6) is 0.932. The van der Waals surface area contributed by atoms with Gasteiger partial charge in [-0.05, 0) is 38.4 Å². The summed E-state index contributed by atoms with van der Waals surface area (Å²) in [4.78, 5) is 0. The molecule has 2 heteroatoms. The van der Waals surface area contributed by atoms with E-state index in [2.05, 4.69) is 43.9 Å². The number of ether oxygens (including phenoxy) is 1. The van der Waals surface area contributed by atoms with Crippen LogP contribution in [-0.2, 0) is 0 Å². The largest absolute Gasteiger partial charge is 0.496 e. The lowest BCUT2D eigenvalue weighted by molar-refractivity contribution is 0.403. The third-order valence-electron chi connectivity index (χ3n) is 2.79. The summed E-state index contributed by atoms with van der Waals surface area (Å²) >= 11 is 0. The monoisotopic (exact) mass is 233 g/mol. The molecule has 0 fully saturated rings. The van der Waals surface area contributed by atoms with Crippen molar-refractivity contribution in [2.45, 2.75) is 33.2 Å². The Bertz CT molecular complexity index is 385. The van der Waals surface area contributed by atoms with Crippen LogP contribution in [0.4, 0.5) is 0 Å². The van der Waals surface area contributed by atoms with Gasteiger partial charge in [0.1, 0.15) is 5.75 Å². The highest BCUT2D eigenvalue weighted by atomic mass is 16.5. The van der Waals surface area contributed by atoms with Crippen molar-refractivity contribution < 1.29 is 4.74 Å². The summed E-state index contributed by atoms with van der Waals surface area (Å²) in [6, 6.07) is 6.47. The summed E-state index contributed by atoms with van der Waals surface area (Å²) in [6.07, 6.45) is 1.11. The first kappa shape index (κ1) is 13.8. The van der Waals surface area contributed by atoms with Gasteiger partial charge in [-0.1, -0.05) is 31.2 Å². The number of methoxy groups -OCH3 is 1. The molecule has 0 radical (unpaired) electrons. The molecule has 0 spiro atoms. The van der Waals surface area contributed by atoms with Gasteiger partial charge in [-0.3, -0.25) is 0 Å². The van der Waals surface area contributed by atoms with Gasteiger partial charge in [0.15, 0.2) is 0 Å². The molecular weight excluding hydrogens is 210 g/mol. The maximum Gasteiger partial charge on any atom is 0.124 e. The molecule has 0 amide bonds. The summed E-state index contributed by atoms with van der Waals surface area (Å²) < 4.78 is 5.46. The van der Waals surface area contributed by atoms with E-state index in [1.165, 1.54) is 11.1 Å². The van der Waals surface area contributed by atoms with Gasteiger partial charge in [-0.25, -0.2) is 0 Å². The highest BCUT2D eigenvalue weighted by Gasteiger charge is 2.15. The van der Waals surface area contributed by atoms with Gasteiger partial charge < -0.3 is 10.1 Å². The minimum Gasteiger partial charge on any atom is -0.496 e. The molecule has 0 heterocycles. The maximum absolute atomic E-state index is 5.46. The van der Waals surface area contributed by atoms with Crippen molar-refractivity contribution in [2.75, 3.05) is 13.7 Å². The van der Waals surface area contributed by atoms with E-state index in [1.807, 2.05) is 6.92 Å². The smallest absolute Gasteiger partial charge is 0.124 e. The van der Waals surface area contributed by atoms with E-state index in [-0.39, 0.29) is 6.04 Å². The molecule has 1 atom stereocenters. The van der Waals surface area contributed by atoms with Crippen molar-refractivity contribution >= 4 is 0 Å². The van der Waals surface area contributed by atoms with Crippen LogP contribution in [0.3, 0.4) is 0 Å². The van der Waals surface area contributed by atoms with Gasteiger partial charge in [-0.2, -0.15) is 0 Å². The Morgan fingerprint density at radius 2 is 2.18 bits per heavy atom. The third-order valence-corrected chi connectivity index (χ3v) is 2.79. The molecule has 17 heavy (non-hydrogen) atoms. The fraction of sp³-hybridized carbons (Fsp3) is 0.467. The lowest BCUT2D eigenvalue weighted by Crippen LogP contribution is -2.23. The minimum absolute atomic E-state index is 0.172. The van der Waals surface area contributed by atoms with Crippen molar-refractivity contribution in [2.24, 2.45) is 0 Å². The summed E-state index contributed by atoms with van der Waals surface area (Å²) in [5.41, 5.74) is 3.49. The second-order valence-corrected chi connectivity index (χ2v) is 4.48. The van der Waals surface area contributed by atoms with Crippen molar-refractivity contribution in [3.05, 3.63) is 41.5 Å². The van der Waals surface area contributed by atoms with Crippen LogP contribution in [0.2, 0.25) is 0 Å². The Labute approximate surface area is 105 Å². The summed E-state index contributed by atoms with van der Waals surface area (Å²) in [6.45, 7) is 11.3. The van der Waals surface area contributed by atoms with E-state index in [0.717, 1.165) is 24.3 Å². The number of aryl methyl sites for hydroxylation is 1. The van der Waals surface area contributed by atoms with Crippen LogP contribution in [-0.4, -0.2) is 13.7 Å². The first-order chi connectivity index (χ1) is 8.10. The lowest BCUT2D eigenvalue weighted by Gasteiger charge is -2.21. The Hall–Kier alpha value is -1.28. The molecule has 0 aliphatic rings. The van der Waals surface area contributed by atoms with Crippen LogP contribution in [0, 0.1) is 6.92 Å². The first-order valence-corrected chi connectivity index (χ1v) is 6.13. The van der Waals surface area contributed by atoms with E-state index >= 15 is 0 Å². The van der Waals surface area contributed by atoms with Gasteiger partial charge >= 0.3 is 0 Å². The number of nitrogens with one attached hydrogen (secondary N) is 1. The van der Waals surface area contributed by atoms with Gasteiger partial charge in [0.05, 0.1) is 13.2 Å². The van der Waals surface area contributed by atoms with E-state index in [4.69, 9.17) is 4.74 Å². The standard InChI is InChI=1S/C15H23NO/c1-6-9-16-15(11(2)3)13-8-7-12(4)10-14(13)17-5/h7-8,10,15-16H,2,6,9H2,1,3-5H3. The summed E-state index contributed by atoms with van der Waals surface area (Å²) in [7, 11) is 1.72. The van der Waals surface area contributed by atoms with Crippen LogP contribution in [0.25, 0.3) is 0 Å². The predicted octanol–water partition coefficient (Wildman–Crippen LogP) is 3.62. The Morgan fingerprint density at radius 1 is 1.47 bits per heavy atom. The highest BCUT2D eigenvalue weighted by Crippen LogP contribution is 2.30. The number of benzene rings is 1. The second kappa shape index (κ2) is 6.45. The molecule has 1 aromatic rings. The quantitative estimate of drug-likeness (QED) is 0.758.